The van der Waals surface area contributed by atoms with Gasteiger partial charge in [0.1, 0.15) is 11.2 Å². The molecule has 9 heteroatoms. The summed E-state index contributed by atoms with van der Waals surface area (Å²) >= 11 is 12.5. The molecule has 166 valence electrons. The number of hydrogen-bond donors (Lipinski definition) is 1. The SMILES string of the molecule is CN1Cc2cc(Nc3ncc4c(=O)n(-c5c(Cl)cccc5Cl)ncc4n3)ccc2C2(CC2)C1. The molecule has 6 rings (SSSR count). The summed E-state index contributed by atoms with van der Waals surface area (Å²) in [5.41, 5.74) is 4.45. The predicted octanol–water partition coefficient (Wildman–Crippen LogP) is 4.70. The molecule has 2 aliphatic rings. The van der Waals surface area contributed by atoms with E-state index in [9.17, 15) is 4.79 Å². The number of aromatic nitrogens is 4. The molecule has 7 nitrogen and oxygen atoms in total. The highest BCUT2D eigenvalue weighted by Gasteiger charge is 2.48. The van der Waals surface area contributed by atoms with Gasteiger partial charge in [-0.3, -0.25) is 4.79 Å². The quantitative estimate of drug-likeness (QED) is 0.459. The number of anilines is 2. The van der Waals surface area contributed by atoms with Gasteiger partial charge in [-0.25, -0.2) is 9.97 Å². The molecular weight excluding hydrogens is 459 g/mol. The lowest BCUT2D eigenvalue weighted by Gasteiger charge is -2.32. The maximum Gasteiger partial charge on any atom is 0.282 e. The van der Waals surface area contributed by atoms with Crippen molar-refractivity contribution in [2.24, 2.45) is 0 Å². The van der Waals surface area contributed by atoms with Crippen LogP contribution in [0.3, 0.4) is 0 Å². The second-order valence-electron chi connectivity index (χ2n) is 8.87. The summed E-state index contributed by atoms with van der Waals surface area (Å²) in [6, 6.07) is 11.5. The highest BCUT2D eigenvalue weighted by atomic mass is 35.5. The molecule has 2 aromatic heterocycles. The number of hydrogen-bond acceptors (Lipinski definition) is 6. The van der Waals surface area contributed by atoms with Crippen molar-refractivity contribution in [3.05, 3.63) is 80.3 Å². The Balaban J connectivity index is 1.34. The van der Waals surface area contributed by atoms with Gasteiger partial charge in [0.25, 0.3) is 5.56 Å². The minimum atomic E-state index is -0.388. The zero-order valence-electron chi connectivity index (χ0n) is 17.8. The standard InChI is InChI=1S/C24H20Cl2N6O/c1-31-12-14-9-15(5-6-17(14)24(13-31)7-8-24)29-23-27-10-16-20(30-23)11-28-32(22(16)33)21-18(25)3-2-4-19(21)26/h2-6,9-11H,7-8,12-13H2,1H3,(H,27,29,30). The number of rotatable bonds is 3. The van der Waals surface area contributed by atoms with Crippen LogP contribution in [0.25, 0.3) is 16.6 Å². The third kappa shape index (κ3) is 3.47. The highest BCUT2D eigenvalue weighted by Crippen LogP contribution is 2.52. The molecule has 1 N–H and O–H groups in total. The summed E-state index contributed by atoms with van der Waals surface area (Å²) in [5, 5.41) is 8.52. The molecule has 0 unspecified atom stereocenters. The third-order valence-electron chi connectivity index (χ3n) is 6.48. The van der Waals surface area contributed by atoms with Crippen LogP contribution in [0, 0.1) is 0 Å². The fourth-order valence-electron chi connectivity index (χ4n) is 4.82. The highest BCUT2D eigenvalue weighted by molar-refractivity contribution is 6.37. The minimum Gasteiger partial charge on any atom is -0.324 e. The summed E-state index contributed by atoms with van der Waals surface area (Å²) in [5.74, 6) is 0.405. The van der Waals surface area contributed by atoms with Crippen LogP contribution in [-0.2, 0) is 12.0 Å². The smallest absolute Gasteiger partial charge is 0.282 e. The fourth-order valence-corrected chi connectivity index (χ4v) is 5.38. The minimum absolute atomic E-state index is 0.328. The Morgan fingerprint density at radius 1 is 1.09 bits per heavy atom. The molecule has 4 aromatic rings. The molecule has 1 aliphatic heterocycles. The van der Waals surface area contributed by atoms with Crippen LogP contribution >= 0.6 is 23.2 Å². The summed E-state index contributed by atoms with van der Waals surface area (Å²) in [7, 11) is 2.17. The van der Waals surface area contributed by atoms with Gasteiger partial charge < -0.3 is 10.2 Å². The molecule has 0 bridgehead atoms. The van der Waals surface area contributed by atoms with E-state index in [1.165, 1.54) is 41.0 Å². The van der Waals surface area contributed by atoms with Crippen LogP contribution < -0.4 is 10.9 Å². The number of nitrogens with zero attached hydrogens (tertiary/aromatic N) is 5. The zero-order valence-corrected chi connectivity index (χ0v) is 19.4. The van der Waals surface area contributed by atoms with Gasteiger partial charge in [0.2, 0.25) is 5.95 Å². The van der Waals surface area contributed by atoms with E-state index >= 15 is 0 Å². The van der Waals surface area contributed by atoms with Gasteiger partial charge in [0, 0.05) is 30.4 Å². The maximum absolute atomic E-state index is 13.0. The normalized spacial score (nSPS) is 16.7. The van der Waals surface area contributed by atoms with Crippen LogP contribution in [0.2, 0.25) is 10.0 Å². The summed E-state index contributed by atoms with van der Waals surface area (Å²) in [6.07, 6.45) is 5.53. The third-order valence-corrected chi connectivity index (χ3v) is 7.09. The van der Waals surface area contributed by atoms with E-state index in [-0.39, 0.29) is 5.56 Å². The Bertz CT molecular complexity index is 1460. The van der Waals surface area contributed by atoms with Gasteiger partial charge in [-0.1, -0.05) is 35.3 Å². The molecule has 0 radical (unpaired) electrons. The number of nitrogens with one attached hydrogen (secondary N) is 1. The van der Waals surface area contributed by atoms with E-state index in [0.717, 1.165) is 18.8 Å². The number of fused-ring (bicyclic) bond motifs is 3. The van der Waals surface area contributed by atoms with E-state index in [1.54, 1.807) is 18.2 Å². The average molecular weight is 479 g/mol. The monoisotopic (exact) mass is 478 g/mol. The Kier molecular flexibility index (Phi) is 4.69. The largest absolute Gasteiger partial charge is 0.324 e. The lowest BCUT2D eigenvalue weighted by atomic mass is 9.87. The number of para-hydroxylation sites is 1. The second-order valence-corrected chi connectivity index (χ2v) is 9.69. The number of benzene rings is 2. The molecule has 1 aliphatic carbocycles. The van der Waals surface area contributed by atoms with E-state index < -0.39 is 0 Å². The van der Waals surface area contributed by atoms with Crippen molar-refractivity contribution in [3.63, 3.8) is 0 Å². The molecule has 3 heterocycles. The molecule has 0 atom stereocenters. The first-order valence-electron chi connectivity index (χ1n) is 10.7. The maximum atomic E-state index is 13.0. The molecule has 1 saturated carbocycles. The lowest BCUT2D eigenvalue weighted by Crippen LogP contribution is -2.35. The summed E-state index contributed by atoms with van der Waals surface area (Å²) in [4.78, 5) is 24.3. The van der Waals surface area contributed by atoms with Crippen molar-refractivity contribution >= 4 is 45.7 Å². The van der Waals surface area contributed by atoms with Gasteiger partial charge in [0.05, 0.1) is 21.6 Å². The Hall–Kier alpha value is -3.00. The Morgan fingerprint density at radius 3 is 2.64 bits per heavy atom. The van der Waals surface area contributed by atoms with Crippen LogP contribution in [0.1, 0.15) is 24.0 Å². The Labute approximate surface area is 200 Å². The van der Waals surface area contributed by atoms with Gasteiger partial charge in [0.15, 0.2) is 0 Å². The van der Waals surface area contributed by atoms with Gasteiger partial charge in [-0.15, -0.1) is 0 Å². The van der Waals surface area contributed by atoms with Crippen LogP contribution in [0.5, 0.6) is 0 Å². The van der Waals surface area contributed by atoms with Crippen LogP contribution in [0.15, 0.2) is 53.6 Å². The molecular formula is C24H20Cl2N6O. The van der Waals surface area contributed by atoms with Crippen LogP contribution in [-0.4, -0.2) is 38.2 Å². The lowest BCUT2D eigenvalue weighted by molar-refractivity contribution is 0.271. The Morgan fingerprint density at radius 2 is 1.88 bits per heavy atom. The molecule has 1 spiro atoms. The number of halogens is 2. The fraction of sp³-hybridized carbons (Fsp3) is 0.250. The van der Waals surface area contributed by atoms with Crippen molar-refractivity contribution in [3.8, 4) is 5.69 Å². The van der Waals surface area contributed by atoms with Crippen molar-refractivity contribution < 1.29 is 0 Å². The summed E-state index contributed by atoms with van der Waals surface area (Å²) in [6.45, 7) is 2.06. The average Bonchev–Trinajstić information content (AvgIpc) is 3.54. The van der Waals surface area contributed by atoms with Crippen molar-refractivity contribution in [1.29, 1.82) is 0 Å². The van der Waals surface area contributed by atoms with E-state index in [2.05, 4.69) is 50.5 Å². The van der Waals surface area contributed by atoms with Gasteiger partial charge >= 0.3 is 0 Å². The van der Waals surface area contributed by atoms with E-state index in [4.69, 9.17) is 23.2 Å². The second kappa shape index (κ2) is 7.52. The van der Waals surface area contributed by atoms with Gasteiger partial charge in [-0.05, 0) is 55.3 Å². The molecule has 1 fully saturated rings. The first-order chi connectivity index (χ1) is 15.9. The molecule has 33 heavy (non-hydrogen) atoms. The topological polar surface area (TPSA) is 75.9 Å². The predicted molar refractivity (Wildman–Crippen MR) is 130 cm³/mol. The summed E-state index contributed by atoms with van der Waals surface area (Å²) < 4.78 is 1.18. The molecule has 0 saturated heterocycles. The van der Waals surface area contributed by atoms with Crippen LogP contribution in [0.4, 0.5) is 11.6 Å². The first kappa shape index (κ1) is 20.6. The zero-order chi connectivity index (χ0) is 22.7. The first-order valence-corrected chi connectivity index (χ1v) is 11.5. The van der Waals surface area contributed by atoms with Gasteiger partial charge in [-0.2, -0.15) is 9.78 Å². The number of likely N-dealkylation sites (N-methyl/N-ethyl adjacent to an activating group) is 1. The van der Waals surface area contributed by atoms with Crippen molar-refractivity contribution in [2.75, 3.05) is 18.9 Å². The van der Waals surface area contributed by atoms with Crippen molar-refractivity contribution in [2.45, 2.75) is 24.8 Å². The molecule has 0 amide bonds. The van der Waals surface area contributed by atoms with Crippen molar-refractivity contribution in [1.82, 2.24) is 24.6 Å². The van der Waals surface area contributed by atoms with E-state index in [1.807, 2.05) is 0 Å². The van der Waals surface area contributed by atoms with E-state index in [0.29, 0.717) is 38.0 Å². The molecule has 2 aromatic carbocycles.